The van der Waals surface area contributed by atoms with Gasteiger partial charge in [0.2, 0.25) is 0 Å². The maximum absolute atomic E-state index is 11.5. The first kappa shape index (κ1) is 11.1. The first-order valence-corrected chi connectivity index (χ1v) is 6.55. The lowest BCUT2D eigenvalue weighted by Crippen LogP contribution is -2.40. The Balaban J connectivity index is 1.86. The third kappa shape index (κ3) is 3.30. The van der Waals surface area contributed by atoms with E-state index in [1.165, 1.54) is 38.8 Å². The van der Waals surface area contributed by atoms with E-state index in [4.69, 9.17) is 0 Å². The van der Waals surface area contributed by atoms with Crippen LogP contribution in [0, 0.1) is 5.92 Å². The number of Topliss-reactive ketones (excluding diaryl/α,β-unsaturated/α-hetero) is 1. The molecule has 2 heteroatoms. The summed E-state index contributed by atoms with van der Waals surface area (Å²) in [6.45, 7) is 4.69. The Labute approximate surface area is 93.0 Å². The third-order valence-corrected chi connectivity index (χ3v) is 3.67. The molecule has 0 amide bonds. The number of hydrogen-bond donors (Lipinski definition) is 0. The lowest BCUT2D eigenvalue weighted by atomic mass is 9.93. The summed E-state index contributed by atoms with van der Waals surface area (Å²) in [7, 11) is 0. The molecule has 0 N–H and O–H groups in total. The van der Waals surface area contributed by atoms with Gasteiger partial charge in [-0.2, -0.15) is 0 Å². The fourth-order valence-corrected chi connectivity index (χ4v) is 2.66. The molecule has 1 unspecified atom stereocenters. The molecule has 0 radical (unpaired) electrons. The Morgan fingerprint density at radius 3 is 2.73 bits per heavy atom. The largest absolute Gasteiger partial charge is 0.300 e. The van der Waals surface area contributed by atoms with Crippen molar-refractivity contribution in [1.82, 2.24) is 4.90 Å². The van der Waals surface area contributed by atoms with Gasteiger partial charge in [-0.3, -0.25) is 9.69 Å². The smallest absolute Gasteiger partial charge is 0.134 e. The summed E-state index contributed by atoms with van der Waals surface area (Å²) < 4.78 is 0. The van der Waals surface area contributed by atoms with Gasteiger partial charge in [-0.15, -0.1) is 0 Å². The van der Waals surface area contributed by atoms with E-state index < -0.39 is 0 Å². The summed E-state index contributed by atoms with van der Waals surface area (Å²) in [6, 6.07) is 0.576. The van der Waals surface area contributed by atoms with E-state index in [1.54, 1.807) is 0 Å². The average molecular weight is 209 g/mol. The highest BCUT2D eigenvalue weighted by atomic mass is 16.1. The third-order valence-electron chi connectivity index (χ3n) is 3.67. The van der Waals surface area contributed by atoms with Crippen molar-refractivity contribution in [2.24, 2.45) is 5.92 Å². The Bertz CT molecular complexity index is 223. The topological polar surface area (TPSA) is 20.3 Å². The zero-order chi connectivity index (χ0) is 10.7. The monoisotopic (exact) mass is 209 g/mol. The molecular weight excluding hydrogens is 186 g/mol. The zero-order valence-electron chi connectivity index (χ0n) is 9.87. The second-order valence-corrected chi connectivity index (χ2v) is 5.23. The van der Waals surface area contributed by atoms with E-state index in [2.05, 4.69) is 11.8 Å². The summed E-state index contributed by atoms with van der Waals surface area (Å²) in [5, 5.41) is 0. The number of ketones is 1. The molecule has 0 saturated heterocycles. The number of rotatable bonds is 5. The van der Waals surface area contributed by atoms with Crippen molar-refractivity contribution in [3.63, 3.8) is 0 Å². The molecule has 2 saturated carbocycles. The molecule has 0 aliphatic heterocycles. The Morgan fingerprint density at radius 2 is 2.13 bits per heavy atom. The minimum absolute atomic E-state index is 0.489. The second kappa shape index (κ2) is 5.11. The van der Waals surface area contributed by atoms with Crippen LogP contribution in [-0.4, -0.2) is 29.8 Å². The molecule has 2 rings (SSSR count). The lowest BCUT2D eigenvalue weighted by molar-refractivity contribution is -0.122. The quantitative estimate of drug-likeness (QED) is 0.693. The van der Waals surface area contributed by atoms with Crippen LogP contribution in [0.4, 0.5) is 0 Å². The highest BCUT2D eigenvalue weighted by Crippen LogP contribution is 2.32. The molecule has 0 aromatic heterocycles. The van der Waals surface area contributed by atoms with Gasteiger partial charge in [-0.1, -0.05) is 6.92 Å². The van der Waals surface area contributed by atoms with Crippen molar-refractivity contribution in [2.75, 3.05) is 13.1 Å². The molecule has 15 heavy (non-hydrogen) atoms. The fourth-order valence-electron chi connectivity index (χ4n) is 2.66. The Kier molecular flexibility index (Phi) is 3.79. The van der Waals surface area contributed by atoms with Crippen LogP contribution in [0.25, 0.3) is 0 Å². The first-order valence-electron chi connectivity index (χ1n) is 6.55. The summed E-state index contributed by atoms with van der Waals surface area (Å²) in [5.74, 6) is 1.44. The van der Waals surface area contributed by atoms with Crippen molar-refractivity contribution < 1.29 is 4.79 Å². The van der Waals surface area contributed by atoms with Gasteiger partial charge >= 0.3 is 0 Å². The van der Waals surface area contributed by atoms with Crippen LogP contribution in [0.2, 0.25) is 0 Å². The normalized spacial score (nSPS) is 27.3. The number of carbonyl (C=O) groups is 1. The molecule has 0 aromatic carbocycles. The van der Waals surface area contributed by atoms with Crippen molar-refractivity contribution in [3.05, 3.63) is 0 Å². The van der Waals surface area contributed by atoms with Crippen LogP contribution >= 0.6 is 0 Å². The van der Waals surface area contributed by atoms with Crippen LogP contribution < -0.4 is 0 Å². The SMILES string of the molecule is CCCN(CC1CC1)C1CCCC(=O)C1. The molecule has 1 atom stereocenters. The van der Waals surface area contributed by atoms with E-state index in [0.717, 1.165) is 25.2 Å². The van der Waals surface area contributed by atoms with E-state index in [0.29, 0.717) is 11.8 Å². The molecule has 2 fully saturated rings. The predicted octanol–water partition coefficient (Wildman–Crippen LogP) is 2.62. The Morgan fingerprint density at radius 1 is 1.33 bits per heavy atom. The molecule has 0 spiro atoms. The molecule has 0 aromatic rings. The van der Waals surface area contributed by atoms with Gasteiger partial charge in [-0.05, 0) is 44.6 Å². The number of hydrogen-bond acceptors (Lipinski definition) is 2. The molecule has 2 aliphatic carbocycles. The highest BCUT2D eigenvalue weighted by molar-refractivity contribution is 5.79. The standard InChI is InChI=1S/C13H23NO/c1-2-8-14(10-11-6-7-11)12-4-3-5-13(15)9-12/h11-12H,2-10H2,1H3. The summed E-state index contributed by atoms with van der Waals surface area (Å²) in [6.07, 6.45) is 8.08. The van der Waals surface area contributed by atoms with Crippen molar-refractivity contribution in [3.8, 4) is 0 Å². The average Bonchev–Trinajstić information content (AvgIpc) is 3.01. The van der Waals surface area contributed by atoms with Crippen LogP contribution in [-0.2, 0) is 4.79 Å². The van der Waals surface area contributed by atoms with Crippen LogP contribution in [0.1, 0.15) is 51.9 Å². The highest BCUT2D eigenvalue weighted by Gasteiger charge is 2.30. The maximum atomic E-state index is 11.5. The lowest BCUT2D eigenvalue weighted by Gasteiger charge is -2.33. The molecule has 0 bridgehead atoms. The van der Waals surface area contributed by atoms with Crippen LogP contribution in [0.3, 0.4) is 0 Å². The number of carbonyl (C=O) groups excluding carboxylic acids is 1. The van der Waals surface area contributed by atoms with Crippen LogP contribution in [0.5, 0.6) is 0 Å². The van der Waals surface area contributed by atoms with Gasteiger partial charge < -0.3 is 0 Å². The fraction of sp³-hybridized carbons (Fsp3) is 0.923. The number of nitrogens with zero attached hydrogens (tertiary/aromatic N) is 1. The first-order chi connectivity index (χ1) is 7.29. The van der Waals surface area contributed by atoms with Crippen molar-refractivity contribution >= 4 is 5.78 Å². The van der Waals surface area contributed by atoms with Crippen LogP contribution in [0.15, 0.2) is 0 Å². The molecular formula is C13H23NO. The second-order valence-electron chi connectivity index (χ2n) is 5.23. The molecule has 0 heterocycles. The summed E-state index contributed by atoms with van der Waals surface area (Å²) in [4.78, 5) is 14.0. The van der Waals surface area contributed by atoms with E-state index in [1.807, 2.05) is 0 Å². The van der Waals surface area contributed by atoms with Gasteiger partial charge in [0.05, 0.1) is 0 Å². The van der Waals surface area contributed by atoms with Gasteiger partial charge in [0, 0.05) is 25.4 Å². The Hall–Kier alpha value is -0.370. The predicted molar refractivity (Wildman–Crippen MR) is 61.9 cm³/mol. The summed E-state index contributed by atoms with van der Waals surface area (Å²) in [5.41, 5.74) is 0. The van der Waals surface area contributed by atoms with Crippen molar-refractivity contribution in [2.45, 2.75) is 57.9 Å². The molecule has 2 nitrogen and oxygen atoms in total. The van der Waals surface area contributed by atoms with Gasteiger partial charge in [0.25, 0.3) is 0 Å². The van der Waals surface area contributed by atoms with E-state index in [9.17, 15) is 4.79 Å². The van der Waals surface area contributed by atoms with Gasteiger partial charge in [0.15, 0.2) is 0 Å². The van der Waals surface area contributed by atoms with Crippen molar-refractivity contribution in [1.29, 1.82) is 0 Å². The van der Waals surface area contributed by atoms with E-state index in [-0.39, 0.29) is 0 Å². The van der Waals surface area contributed by atoms with Gasteiger partial charge in [0.1, 0.15) is 5.78 Å². The minimum Gasteiger partial charge on any atom is -0.300 e. The molecule has 2 aliphatic rings. The van der Waals surface area contributed by atoms with E-state index >= 15 is 0 Å². The maximum Gasteiger partial charge on any atom is 0.134 e. The summed E-state index contributed by atoms with van der Waals surface area (Å²) >= 11 is 0. The minimum atomic E-state index is 0.489. The zero-order valence-corrected chi connectivity index (χ0v) is 9.87. The van der Waals surface area contributed by atoms with Gasteiger partial charge in [-0.25, -0.2) is 0 Å². The molecule has 86 valence electrons.